The zero-order valence-corrected chi connectivity index (χ0v) is 19.7. The van der Waals surface area contributed by atoms with E-state index in [0.717, 1.165) is 51.5 Å². The van der Waals surface area contributed by atoms with Crippen molar-refractivity contribution in [2.75, 3.05) is 31.1 Å². The van der Waals surface area contributed by atoms with Crippen molar-refractivity contribution in [2.24, 2.45) is 11.3 Å². The second kappa shape index (κ2) is 9.87. The maximum Gasteiger partial charge on any atom is 0.412 e. The molecule has 1 atom stereocenters. The minimum absolute atomic E-state index is 0.159. The van der Waals surface area contributed by atoms with E-state index < -0.39 is 17.3 Å². The number of nitrogens with zero attached hydrogens (tertiary/aromatic N) is 2. The van der Waals surface area contributed by atoms with E-state index in [2.05, 4.69) is 5.32 Å². The number of aliphatic hydroxyl groups excluding tert-OH is 1. The SMILES string of the molecule is CC(C)CNC(=O)Oc1ccc(N2CCC[C@@]3(CCN(C4CCC(O)CC4)C3=O)C2)c(F)c1. The Morgan fingerprint density at radius 1 is 1.24 bits per heavy atom. The molecule has 7 nitrogen and oxygen atoms in total. The number of hydrogen-bond acceptors (Lipinski definition) is 5. The first-order valence-corrected chi connectivity index (χ1v) is 12.3. The lowest BCUT2D eigenvalue weighted by molar-refractivity contribution is -0.139. The van der Waals surface area contributed by atoms with Crippen molar-refractivity contribution in [1.29, 1.82) is 0 Å². The highest BCUT2D eigenvalue weighted by molar-refractivity contribution is 5.86. The molecule has 1 aromatic rings. The van der Waals surface area contributed by atoms with E-state index >= 15 is 4.39 Å². The topological polar surface area (TPSA) is 82.1 Å². The number of halogens is 1. The molecule has 1 aliphatic carbocycles. The van der Waals surface area contributed by atoms with Crippen LogP contribution in [-0.4, -0.2) is 60.3 Å². The van der Waals surface area contributed by atoms with Crippen LogP contribution in [0, 0.1) is 17.2 Å². The van der Waals surface area contributed by atoms with Crippen LogP contribution in [0.15, 0.2) is 18.2 Å². The number of amides is 2. The fraction of sp³-hybridized carbons (Fsp3) is 0.680. The van der Waals surface area contributed by atoms with Crippen LogP contribution in [-0.2, 0) is 4.79 Å². The largest absolute Gasteiger partial charge is 0.412 e. The Kier molecular flexibility index (Phi) is 7.12. The van der Waals surface area contributed by atoms with Gasteiger partial charge in [0, 0.05) is 38.3 Å². The summed E-state index contributed by atoms with van der Waals surface area (Å²) >= 11 is 0. The Morgan fingerprint density at radius 3 is 2.70 bits per heavy atom. The molecule has 1 saturated carbocycles. The quantitative estimate of drug-likeness (QED) is 0.699. The van der Waals surface area contributed by atoms with Crippen LogP contribution in [0.3, 0.4) is 0 Å². The summed E-state index contributed by atoms with van der Waals surface area (Å²) in [6.07, 6.45) is 4.83. The van der Waals surface area contributed by atoms with Gasteiger partial charge in [0.2, 0.25) is 5.91 Å². The molecule has 8 heteroatoms. The van der Waals surface area contributed by atoms with Gasteiger partial charge < -0.3 is 25.0 Å². The van der Waals surface area contributed by atoms with Gasteiger partial charge in [0.25, 0.3) is 0 Å². The van der Waals surface area contributed by atoms with Gasteiger partial charge in [-0.25, -0.2) is 9.18 Å². The molecule has 1 aromatic carbocycles. The fourth-order valence-corrected chi connectivity index (χ4v) is 5.52. The van der Waals surface area contributed by atoms with Crippen molar-refractivity contribution >= 4 is 17.7 Å². The van der Waals surface area contributed by atoms with Crippen molar-refractivity contribution in [2.45, 2.75) is 70.9 Å². The lowest BCUT2D eigenvalue weighted by atomic mass is 9.78. The Bertz CT molecular complexity index is 871. The Morgan fingerprint density at radius 2 is 2.00 bits per heavy atom. The number of anilines is 1. The lowest BCUT2D eigenvalue weighted by Crippen LogP contribution is -2.50. The molecule has 2 N–H and O–H groups in total. The molecular formula is C25H36FN3O4. The molecule has 0 aromatic heterocycles. The van der Waals surface area contributed by atoms with Crippen molar-refractivity contribution < 1.29 is 23.8 Å². The van der Waals surface area contributed by atoms with E-state index in [0.29, 0.717) is 31.2 Å². The van der Waals surface area contributed by atoms with Gasteiger partial charge in [0.05, 0.1) is 17.2 Å². The number of nitrogens with one attached hydrogen (secondary N) is 1. The number of benzene rings is 1. The van der Waals surface area contributed by atoms with Gasteiger partial charge in [-0.2, -0.15) is 0 Å². The molecule has 2 aliphatic heterocycles. The number of hydrogen-bond donors (Lipinski definition) is 2. The molecule has 2 heterocycles. The van der Waals surface area contributed by atoms with Gasteiger partial charge in [-0.1, -0.05) is 13.8 Å². The highest BCUT2D eigenvalue weighted by Crippen LogP contribution is 2.44. The van der Waals surface area contributed by atoms with Gasteiger partial charge >= 0.3 is 6.09 Å². The van der Waals surface area contributed by atoms with Crippen LogP contribution < -0.4 is 15.0 Å². The summed E-state index contributed by atoms with van der Waals surface area (Å²) in [6.45, 7) is 6.39. The van der Waals surface area contributed by atoms with Crippen molar-refractivity contribution in [3.8, 4) is 5.75 Å². The van der Waals surface area contributed by atoms with E-state index in [4.69, 9.17) is 4.74 Å². The second-order valence-electron chi connectivity index (χ2n) is 10.3. The van der Waals surface area contributed by atoms with Crippen molar-refractivity contribution in [3.05, 3.63) is 24.0 Å². The van der Waals surface area contributed by atoms with Crippen LogP contribution in [0.4, 0.5) is 14.9 Å². The predicted octanol–water partition coefficient (Wildman–Crippen LogP) is 3.69. The summed E-state index contributed by atoms with van der Waals surface area (Å²) in [5, 5.41) is 12.5. The first-order chi connectivity index (χ1) is 15.8. The van der Waals surface area contributed by atoms with E-state index in [9.17, 15) is 14.7 Å². The summed E-state index contributed by atoms with van der Waals surface area (Å²) in [7, 11) is 0. The van der Waals surface area contributed by atoms with Gasteiger partial charge in [0.1, 0.15) is 11.6 Å². The standard InChI is InChI=1S/C25H36FN3O4/c1-17(2)15-27-24(32)33-20-8-9-22(21(26)14-20)28-12-3-10-25(16-28)11-13-29(23(25)31)18-4-6-19(30)7-5-18/h8-9,14,17-19,30H,3-7,10-13,15-16H2,1-2H3,(H,27,32)/t18?,19?,25-/m1/s1. The van der Waals surface area contributed by atoms with Crippen LogP contribution in [0.2, 0.25) is 0 Å². The maximum atomic E-state index is 15.0. The molecule has 4 rings (SSSR count). The van der Waals surface area contributed by atoms with Gasteiger partial charge in [-0.3, -0.25) is 4.79 Å². The fourth-order valence-electron chi connectivity index (χ4n) is 5.52. The zero-order valence-electron chi connectivity index (χ0n) is 19.7. The highest BCUT2D eigenvalue weighted by Gasteiger charge is 2.50. The summed E-state index contributed by atoms with van der Waals surface area (Å²) < 4.78 is 20.2. The maximum absolute atomic E-state index is 15.0. The normalized spacial score (nSPS) is 28.0. The summed E-state index contributed by atoms with van der Waals surface area (Å²) in [5.41, 5.74) is -0.0248. The van der Waals surface area contributed by atoms with Crippen LogP contribution in [0.5, 0.6) is 5.75 Å². The number of carbonyl (C=O) groups excluding carboxylic acids is 2. The molecule has 0 radical (unpaired) electrons. The molecule has 3 fully saturated rings. The first kappa shape index (κ1) is 23.8. The average molecular weight is 462 g/mol. The predicted molar refractivity (Wildman–Crippen MR) is 124 cm³/mol. The molecule has 33 heavy (non-hydrogen) atoms. The summed E-state index contributed by atoms with van der Waals surface area (Å²) in [6, 6.07) is 4.69. The van der Waals surface area contributed by atoms with Crippen molar-refractivity contribution in [1.82, 2.24) is 10.2 Å². The second-order valence-corrected chi connectivity index (χ2v) is 10.3. The number of carbonyl (C=O) groups is 2. The monoisotopic (exact) mass is 461 g/mol. The minimum Gasteiger partial charge on any atom is -0.410 e. The summed E-state index contributed by atoms with van der Waals surface area (Å²) in [4.78, 5) is 29.4. The number of rotatable bonds is 5. The van der Waals surface area contributed by atoms with E-state index in [1.54, 1.807) is 12.1 Å². The molecule has 0 bridgehead atoms. The molecule has 0 unspecified atom stereocenters. The van der Waals surface area contributed by atoms with E-state index in [1.165, 1.54) is 6.07 Å². The van der Waals surface area contributed by atoms with Crippen LogP contribution >= 0.6 is 0 Å². The third-order valence-corrected chi connectivity index (χ3v) is 7.35. The van der Waals surface area contributed by atoms with Gasteiger partial charge in [-0.05, 0) is 63.0 Å². The Labute approximate surface area is 195 Å². The molecule has 2 amide bonds. The van der Waals surface area contributed by atoms with Gasteiger partial charge in [-0.15, -0.1) is 0 Å². The van der Waals surface area contributed by atoms with Crippen LogP contribution in [0.1, 0.15) is 58.8 Å². The van der Waals surface area contributed by atoms with Crippen molar-refractivity contribution in [3.63, 3.8) is 0 Å². The zero-order chi connectivity index (χ0) is 23.6. The molecule has 1 spiro atoms. The smallest absolute Gasteiger partial charge is 0.410 e. The number of aliphatic hydroxyl groups is 1. The minimum atomic E-state index is -0.598. The first-order valence-electron chi connectivity index (χ1n) is 12.3. The average Bonchev–Trinajstić information content (AvgIpc) is 3.08. The lowest BCUT2D eigenvalue weighted by Gasteiger charge is -2.41. The number of ether oxygens (including phenoxy) is 1. The number of likely N-dealkylation sites (tertiary alicyclic amines) is 1. The van der Waals surface area contributed by atoms with Crippen LogP contribution in [0.25, 0.3) is 0 Å². The molecule has 182 valence electrons. The molecular weight excluding hydrogens is 425 g/mol. The molecule has 3 aliphatic rings. The summed E-state index contributed by atoms with van der Waals surface area (Å²) in [5.74, 6) is 0.189. The Balaban J connectivity index is 1.41. The third-order valence-electron chi connectivity index (χ3n) is 7.35. The third kappa shape index (κ3) is 5.26. The van der Waals surface area contributed by atoms with E-state index in [-0.39, 0.29) is 23.8 Å². The van der Waals surface area contributed by atoms with Gasteiger partial charge in [0.15, 0.2) is 0 Å². The molecule has 2 saturated heterocycles. The Hall–Kier alpha value is -2.35. The highest BCUT2D eigenvalue weighted by atomic mass is 19.1. The van der Waals surface area contributed by atoms with E-state index in [1.807, 2.05) is 23.6 Å². The number of piperidine rings is 1.